The Labute approximate surface area is 169 Å². The van der Waals surface area contributed by atoms with Gasteiger partial charge in [-0.2, -0.15) is 0 Å². The number of carbonyl (C=O) groups excluding carboxylic acids is 1. The fraction of sp³-hybridized carbons (Fsp3) is 0.478. The van der Waals surface area contributed by atoms with Crippen LogP contribution in [0.5, 0.6) is 0 Å². The van der Waals surface area contributed by atoms with Crippen LogP contribution in [0.25, 0.3) is 0 Å². The molecule has 0 unspecified atom stereocenters. The monoisotopic (exact) mass is 389 g/mol. The molecule has 0 spiro atoms. The number of unbranched alkanes of at least 4 members (excludes halogenated alkanes) is 7. The first-order valence-corrected chi connectivity index (χ1v) is 10.1. The topological polar surface area (TPSA) is 86.6 Å². The van der Waals surface area contributed by atoms with E-state index in [9.17, 15) is 9.59 Å². The van der Waals surface area contributed by atoms with Gasteiger partial charge in [-0.1, -0.05) is 100 Å². The summed E-state index contributed by atoms with van der Waals surface area (Å²) in [5.74, 6) is -1.84. The molecule has 3 N–H and O–H groups in total. The molecule has 0 aliphatic rings. The Kier molecular flexibility index (Phi) is 17.7. The molecule has 5 heteroatoms. The van der Waals surface area contributed by atoms with Crippen molar-refractivity contribution in [2.75, 3.05) is 6.61 Å². The summed E-state index contributed by atoms with van der Waals surface area (Å²) >= 11 is 0. The van der Waals surface area contributed by atoms with Gasteiger partial charge in [-0.15, -0.1) is 0 Å². The number of hydrogen-bond donors (Lipinski definition) is 3. The lowest BCUT2D eigenvalue weighted by molar-refractivity contribution is -0.142. The zero-order valence-corrected chi connectivity index (χ0v) is 16.9. The largest absolute Gasteiger partial charge is 0.480 e. The van der Waals surface area contributed by atoms with Gasteiger partial charge in [-0.3, -0.25) is 4.79 Å². The predicted octanol–water partition coefficient (Wildman–Crippen LogP) is 4.47. The van der Waals surface area contributed by atoms with Crippen LogP contribution in [0.4, 0.5) is 0 Å². The molecular weight excluding hydrogens is 354 g/mol. The third-order valence-electron chi connectivity index (χ3n) is 3.93. The predicted molar refractivity (Wildman–Crippen MR) is 115 cm³/mol. The zero-order valence-electron chi connectivity index (χ0n) is 16.9. The molecular formula is C23H35NO4. The SMILES string of the molecule is CCCCCCCCCC=CC=CC=CC=CC=CC(=O)N[C@@H](CO)C(=O)O. The van der Waals surface area contributed by atoms with Gasteiger partial charge in [0, 0.05) is 6.08 Å². The van der Waals surface area contributed by atoms with Crippen LogP contribution in [0, 0.1) is 0 Å². The van der Waals surface area contributed by atoms with Gasteiger partial charge in [0.1, 0.15) is 0 Å². The van der Waals surface area contributed by atoms with Crippen LogP contribution in [0.2, 0.25) is 0 Å². The smallest absolute Gasteiger partial charge is 0.328 e. The van der Waals surface area contributed by atoms with Gasteiger partial charge in [0.25, 0.3) is 0 Å². The molecule has 0 aromatic carbocycles. The van der Waals surface area contributed by atoms with Crippen molar-refractivity contribution in [1.29, 1.82) is 0 Å². The molecule has 0 radical (unpaired) electrons. The number of amides is 1. The van der Waals surface area contributed by atoms with E-state index in [0.29, 0.717) is 0 Å². The summed E-state index contributed by atoms with van der Waals surface area (Å²) in [5.41, 5.74) is 0. The molecule has 0 heterocycles. The van der Waals surface area contributed by atoms with Crippen molar-refractivity contribution in [2.24, 2.45) is 0 Å². The number of hydrogen-bond acceptors (Lipinski definition) is 3. The van der Waals surface area contributed by atoms with Crippen LogP contribution < -0.4 is 5.32 Å². The summed E-state index contributed by atoms with van der Waals surface area (Å²) in [7, 11) is 0. The number of rotatable bonds is 16. The van der Waals surface area contributed by atoms with E-state index >= 15 is 0 Å². The number of allylic oxidation sites excluding steroid dienone is 9. The number of nitrogens with one attached hydrogen (secondary N) is 1. The molecule has 0 bridgehead atoms. The molecule has 0 saturated carbocycles. The normalized spacial score (nSPS) is 13.5. The number of aliphatic hydroxyl groups excluding tert-OH is 1. The zero-order chi connectivity index (χ0) is 20.9. The number of carbonyl (C=O) groups is 2. The summed E-state index contributed by atoms with van der Waals surface area (Å²) in [5, 5.41) is 19.7. The van der Waals surface area contributed by atoms with E-state index in [-0.39, 0.29) is 0 Å². The first kappa shape index (κ1) is 25.6. The Hall–Kier alpha value is -2.40. The maximum absolute atomic E-state index is 11.4. The Morgan fingerprint density at radius 3 is 1.93 bits per heavy atom. The summed E-state index contributed by atoms with van der Waals surface area (Å²) in [4.78, 5) is 22.1. The van der Waals surface area contributed by atoms with E-state index in [1.807, 2.05) is 24.3 Å². The lowest BCUT2D eigenvalue weighted by Gasteiger charge is -2.08. The molecule has 0 aliphatic heterocycles. The van der Waals surface area contributed by atoms with Crippen molar-refractivity contribution in [3.05, 3.63) is 60.8 Å². The van der Waals surface area contributed by atoms with E-state index in [1.54, 1.807) is 12.2 Å². The van der Waals surface area contributed by atoms with Crippen LogP contribution in [0.1, 0.15) is 58.3 Å². The molecule has 0 saturated heterocycles. The van der Waals surface area contributed by atoms with Crippen LogP contribution in [0.15, 0.2) is 60.8 Å². The quantitative estimate of drug-likeness (QED) is 0.206. The van der Waals surface area contributed by atoms with Crippen LogP contribution in [0.3, 0.4) is 0 Å². The minimum atomic E-state index is -1.29. The molecule has 0 fully saturated rings. The fourth-order valence-electron chi connectivity index (χ4n) is 2.33. The highest BCUT2D eigenvalue weighted by atomic mass is 16.4. The van der Waals surface area contributed by atoms with Crippen LogP contribution in [-0.2, 0) is 9.59 Å². The summed E-state index contributed by atoms with van der Waals surface area (Å²) < 4.78 is 0. The van der Waals surface area contributed by atoms with Crippen LogP contribution in [-0.4, -0.2) is 34.7 Å². The number of carboxylic acid groups (broad SMARTS) is 1. The fourth-order valence-corrected chi connectivity index (χ4v) is 2.33. The van der Waals surface area contributed by atoms with Crippen molar-refractivity contribution in [1.82, 2.24) is 5.32 Å². The minimum absolute atomic E-state index is 0.568. The van der Waals surface area contributed by atoms with Gasteiger partial charge in [0.15, 0.2) is 6.04 Å². The van der Waals surface area contributed by atoms with Gasteiger partial charge in [0.05, 0.1) is 6.61 Å². The molecule has 156 valence electrons. The Morgan fingerprint density at radius 1 is 0.821 bits per heavy atom. The standard InChI is InChI=1S/C23H35NO4/c1-2-3-4-5-6-7-8-9-10-11-12-13-14-15-16-17-18-19-22(26)24-21(20-25)23(27)28/h10-19,21,25H,2-9,20H2,1H3,(H,24,26)(H,27,28)/t21-/m0/s1. The average Bonchev–Trinajstić information content (AvgIpc) is 2.68. The minimum Gasteiger partial charge on any atom is -0.480 e. The Morgan fingerprint density at radius 2 is 1.36 bits per heavy atom. The third-order valence-corrected chi connectivity index (χ3v) is 3.93. The molecule has 0 aliphatic carbocycles. The maximum atomic E-state index is 11.4. The molecule has 1 amide bonds. The van der Waals surface area contributed by atoms with E-state index in [2.05, 4.69) is 24.4 Å². The summed E-state index contributed by atoms with van der Waals surface area (Å²) in [6, 6.07) is -1.29. The highest BCUT2D eigenvalue weighted by Gasteiger charge is 2.16. The summed E-state index contributed by atoms with van der Waals surface area (Å²) in [6.45, 7) is 1.59. The van der Waals surface area contributed by atoms with E-state index in [4.69, 9.17) is 10.2 Å². The lowest BCUT2D eigenvalue weighted by atomic mass is 10.1. The van der Waals surface area contributed by atoms with Gasteiger partial charge in [0.2, 0.25) is 5.91 Å². The second-order valence-electron chi connectivity index (χ2n) is 6.43. The van der Waals surface area contributed by atoms with E-state index in [0.717, 1.165) is 6.42 Å². The van der Waals surface area contributed by atoms with Crippen molar-refractivity contribution in [3.63, 3.8) is 0 Å². The summed E-state index contributed by atoms with van der Waals surface area (Å²) in [6.07, 6.45) is 28.4. The number of aliphatic carboxylic acids is 1. The Bertz CT molecular complexity index is 559. The number of aliphatic hydroxyl groups is 1. The highest BCUT2D eigenvalue weighted by molar-refractivity contribution is 5.91. The van der Waals surface area contributed by atoms with E-state index in [1.165, 1.54) is 57.1 Å². The second kappa shape index (κ2) is 19.4. The van der Waals surface area contributed by atoms with Gasteiger partial charge >= 0.3 is 5.97 Å². The molecule has 0 rings (SSSR count). The average molecular weight is 390 g/mol. The van der Waals surface area contributed by atoms with Crippen molar-refractivity contribution < 1.29 is 19.8 Å². The Balaban J connectivity index is 3.81. The maximum Gasteiger partial charge on any atom is 0.328 e. The second-order valence-corrected chi connectivity index (χ2v) is 6.43. The third kappa shape index (κ3) is 17.0. The van der Waals surface area contributed by atoms with E-state index < -0.39 is 24.5 Å². The molecule has 0 aromatic heterocycles. The molecule has 5 nitrogen and oxygen atoms in total. The first-order valence-electron chi connectivity index (χ1n) is 10.1. The van der Waals surface area contributed by atoms with Crippen molar-refractivity contribution >= 4 is 11.9 Å². The van der Waals surface area contributed by atoms with Crippen molar-refractivity contribution in [2.45, 2.75) is 64.3 Å². The molecule has 0 aromatic rings. The van der Waals surface area contributed by atoms with Crippen LogP contribution >= 0.6 is 0 Å². The number of carboxylic acids is 1. The lowest BCUT2D eigenvalue weighted by Crippen LogP contribution is -2.42. The van der Waals surface area contributed by atoms with Gasteiger partial charge < -0.3 is 15.5 Å². The van der Waals surface area contributed by atoms with Gasteiger partial charge in [-0.05, 0) is 12.8 Å². The highest BCUT2D eigenvalue weighted by Crippen LogP contribution is 2.08. The van der Waals surface area contributed by atoms with Crippen molar-refractivity contribution in [3.8, 4) is 0 Å². The molecule has 28 heavy (non-hydrogen) atoms. The molecule has 1 atom stereocenters. The first-order chi connectivity index (χ1) is 13.6. The van der Waals surface area contributed by atoms with Gasteiger partial charge in [-0.25, -0.2) is 4.79 Å².